The van der Waals surface area contributed by atoms with Crippen molar-refractivity contribution in [3.05, 3.63) is 27.7 Å². The Kier molecular flexibility index (Phi) is 2.49. The fraction of sp³-hybridized carbons (Fsp3) is 0.286. The fourth-order valence-corrected chi connectivity index (χ4v) is 1.82. The van der Waals surface area contributed by atoms with Gasteiger partial charge in [0.1, 0.15) is 4.90 Å². The molecule has 0 spiro atoms. The van der Waals surface area contributed by atoms with Gasteiger partial charge in [0, 0.05) is 16.4 Å². The number of nitrogens with one attached hydrogen (secondary N) is 1. The maximum Gasteiger partial charge on any atom is 0.268 e. The maximum atomic E-state index is 11.1. The van der Waals surface area contributed by atoms with E-state index in [1.807, 2.05) is 0 Å². The molecule has 0 aliphatic carbocycles. The quantitative estimate of drug-likeness (QED) is 0.717. The molecule has 0 radical (unpaired) electrons. The summed E-state index contributed by atoms with van der Waals surface area (Å²) in [6, 6.07) is 1.26. The first-order valence-corrected chi connectivity index (χ1v) is 5.78. The van der Waals surface area contributed by atoms with E-state index >= 15 is 0 Å². The topological polar surface area (TPSA) is 67.0 Å². The predicted molar refractivity (Wildman–Crippen MR) is 49.6 cm³/mol. The summed E-state index contributed by atoms with van der Waals surface area (Å²) in [6.07, 6.45) is 0. The highest BCUT2D eigenvalue weighted by molar-refractivity contribution is 8.13. The summed E-state index contributed by atoms with van der Waals surface area (Å²) in [5.74, 6) is 0. The molecule has 0 aliphatic heterocycles. The van der Waals surface area contributed by atoms with E-state index in [-0.39, 0.29) is 0 Å². The van der Waals surface area contributed by atoms with Crippen LogP contribution in [-0.4, -0.2) is 13.4 Å². The van der Waals surface area contributed by atoms with Crippen LogP contribution in [-0.2, 0) is 9.05 Å². The Balaban J connectivity index is 3.60. The van der Waals surface area contributed by atoms with Gasteiger partial charge < -0.3 is 4.98 Å². The number of rotatable bonds is 1. The van der Waals surface area contributed by atoms with E-state index in [2.05, 4.69) is 4.98 Å². The first kappa shape index (κ1) is 10.3. The molecule has 0 bridgehead atoms. The number of aromatic amines is 1. The Hall–Kier alpha value is -0.810. The average Bonchev–Trinajstić information content (AvgIpc) is 1.94. The second-order valence-electron chi connectivity index (χ2n) is 2.71. The van der Waals surface area contributed by atoms with Crippen LogP contribution in [0.25, 0.3) is 0 Å². The lowest BCUT2D eigenvalue weighted by Gasteiger charge is -2.00. The van der Waals surface area contributed by atoms with E-state index in [0.717, 1.165) is 0 Å². The third kappa shape index (κ3) is 2.10. The zero-order chi connectivity index (χ0) is 10.2. The second-order valence-corrected chi connectivity index (χ2v) is 5.24. The van der Waals surface area contributed by atoms with Gasteiger partial charge in [0.05, 0.1) is 0 Å². The van der Waals surface area contributed by atoms with Crippen LogP contribution < -0.4 is 5.56 Å². The van der Waals surface area contributed by atoms with Gasteiger partial charge in [-0.15, -0.1) is 0 Å². The number of halogens is 1. The number of aromatic nitrogens is 1. The lowest BCUT2D eigenvalue weighted by molar-refractivity contribution is 0.608. The number of pyridine rings is 1. The zero-order valence-corrected chi connectivity index (χ0v) is 8.66. The SMILES string of the molecule is Cc1cc(S(=O)(=O)Cl)c(=O)[nH]c1C. The molecule has 0 saturated carbocycles. The second kappa shape index (κ2) is 3.16. The molecule has 0 atom stereocenters. The molecule has 0 aliphatic rings. The van der Waals surface area contributed by atoms with Crippen molar-refractivity contribution in [3.8, 4) is 0 Å². The van der Waals surface area contributed by atoms with Crippen LogP contribution >= 0.6 is 10.7 Å². The lowest BCUT2D eigenvalue weighted by atomic mass is 10.2. The van der Waals surface area contributed by atoms with Gasteiger partial charge in [-0.05, 0) is 25.5 Å². The minimum absolute atomic E-state index is 0.405. The minimum atomic E-state index is -3.94. The monoisotopic (exact) mass is 221 g/mol. The first-order valence-electron chi connectivity index (χ1n) is 3.47. The summed E-state index contributed by atoms with van der Waals surface area (Å²) >= 11 is 0. The highest BCUT2D eigenvalue weighted by Gasteiger charge is 2.15. The molecule has 0 amide bonds. The Morgan fingerprint density at radius 2 is 1.92 bits per heavy atom. The molecule has 1 rings (SSSR count). The van der Waals surface area contributed by atoms with E-state index in [0.29, 0.717) is 11.3 Å². The van der Waals surface area contributed by atoms with Crippen molar-refractivity contribution in [2.24, 2.45) is 0 Å². The van der Waals surface area contributed by atoms with Crippen LogP contribution in [0.15, 0.2) is 15.8 Å². The van der Waals surface area contributed by atoms with Gasteiger partial charge in [0.25, 0.3) is 14.6 Å². The molecule has 1 aromatic rings. The normalized spacial score (nSPS) is 11.6. The largest absolute Gasteiger partial charge is 0.325 e. The van der Waals surface area contributed by atoms with Crippen LogP contribution in [0.3, 0.4) is 0 Å². The summed E-state index contributed by atoms with van der Waals surface area (Å²) in [5, 5.41) is 0. The van der Waals surface area contributed by atoms with Gasteiger partial charge in [-0.25, -0.2) is 8.42 Å². The molecule has 1 aromatic heterocycles. The van der Waals surface area contributed by atoms with Gasteiger partial charge in [-0.2, -0.15) is 0 Å². The smallest absolute Gasteiger partial charge is 0.268 e. The van der Waals surface area contributed by atoms with E-state index in [1.54, 1.807) is 13.8 Å². The first-order chi connectivity index (χ1) is 5.82. The van der Waals surface area contributed by atoms with E-state index < -0.39 is 19.5 Å². The number of aryl methyl sites for hydroxylation is 2. The summed E-state index contributed by atoms with van der Waals surface area (Å²) in [4.78, 5) is 13.1. The lowest BCUT2D eigenvalue weighted by Crippen LogP contribution is -2.16. The van der Waals surface area contributed by atoms with Crippen molar-refractivity contribution in [2.75, 3.05) is 0 Å². The third-order valence-electron chi connectivity index (χ3n) is 1.73. The van der Waals surface area contributed by atoms with E-state index in [9.17, 15) is 13.2 Å². The van der Waals surface area contributed by atoms with Crippen molar-refractivity contribution in [3.63, 3.8) is 0 Å². The van der Waals surface area contributed by atoms with Gasteiger partial charge in [-0.1, -0.05) is 0 Å². The van der Waals surface area contributed by atoms with Gasteiger partial charge >= 0.3 is 0 Å². The number of hydrogen-bond donors (Lipinski definition) is 1. The van der Waals surface area contributed by atoms with Crippen LogP contribution in [0.1, 0.15) is 11.3 Å². The summed E-state index contributed by atoms with van der Waals surface area (Å²) in [6.45, 7) is 3.37. The molecule has 1 N–H and O–H groups in total. The zero-order valence-electron chi connectivity index (χ0n) is 7.09. The highest BCUT2D eigenvalue weighted by Crippen LogP contribution is 2.12. The predicted octanol–water partition coefficient (Wildman–Crippen LogP) is 0.919. The molecule has 0 aromatic carbocycles. The van der Waals surface area contributed by atoms with Crippen LogP contribution in [0.5, 0.6) is 0 Å². The highest BCUT2D eigenvalue weighted by atomic mass is 35.7. The van der Waals surface area contributed by atoms with Crippen molar-refractivity contribution < 1.29 is 8.42 Å². The molecule has 0 unspecified atom stereocenters. The number of H-pyrrole nitrogens is 1. The summed E-state index contributed by atoms with van der Waals surface area (Å²) in [5.41, 5.74) is 0.631. The molecule has 72 valence electrons. The van der Waals surface area contributed by atoms with Gasteiger partial charge in [0.2, 0.25) is 0 Å². The molecule has 0 saturated heterocycles. The molecule has 4 nitrogen and oxygen atoms in total. The molecule has 13 heavy (non-hydrogen) atoms. The Bertz CT molecular complexity index is 489. The van der Waals surface area contributed by atoms with Crippen LogP contribution in [0, 0.1) is 13.8 Å². The molecule has 6 heteroatoms. The van der Waals surface area contributed by atoms with Crippen molar-refractivity contribution >= 4 is 19.7 Å². The molecular weight excluding hydrogens is 214 g/mol. The van der Waals surface area contributed by atoms with Crippen molar-refractivity contribution in [1.29, 1.82) is 0 Å². The summed E-state index contributed by atoms with van der Waals surface area (Å²) < 4.78 is 21.7. The van der Waals surface area contributed by atoms with Crippen molar-refractivity contribution in [2.45, 2.75) is 18.7 Å². The minimum Gasteiger partial charge on any atom is -0.325 e. The van der Waals surface area contributed by atoms with Gasteiger partial charge in [0.15, 0.2) is 0 Å². The fourth-order valence-electron chi connectivity index (χ4n) is 0.882. The standard InChI is InChI=1S/C7H8ClNO3S/c1-4-3-6(13(8,11)12)7(10)9-5(4)2/h3H,1-2H3,(H,9,10). The van der Waals surface area contributed by atoms with Crippen LogP contribution in [0.4, 0.5) is 0 Å². The summed E-state index contributed by atoms with van der Waals surface area (Å²) in [7, 11) is 1.10. The van der Waals surface area contributed by atoms with E-state index in [4.69, 9.17) is 10.7 Å². The van der Waals surface area contributed by atoms with Gasteiger partial charge in [-0.3, -0.25) is 4.79 Å². The number of hydrogen-bond acceptors (Lipinski definition) is 3. The molecule has 0 fully saturated rings. The van der Waals surface area contributed by atoms with E-state index in [1.165, 1.54) is 6.07 Å². The Labute approximate surface area is 80.0 Å². The third-order valence-corrected chi connectivity index (χ3v) is 3.05. The Morgan fingerprint density at radius 1 is 1.38 bits per heavy atom. The van der Waals surface area contributed by atoms with Crippen molar-refractivity contribution in [1.82, 2.24) is 4.98 Å². The molecular formula is C7H8ClNO3S. The van der Waals surface area contributed by atoms with Crippen LogP contribution in [0.2, 0.25) is 0 Å². The average molecular weight is 222 g/mol. The molecule has 1 heterocycles. The maximum absolute atomic E-state index is 11.1. The Morgan fingerprint density at radius 3 is 2.38 bits per heavy atom.